The van der Waals surface area contributed by atoms with Gasteiger partial charge in [-0.3, -0.25) is 0 Å². The van der Waals surface area contributed by atoms with E-state index in [2.05, 4.69) is 6.07 Å². The van der Waals surface area contributed by atoms with E-state index in [9.17, 15) is 0 Å². The summed E-state index contributed by atoms with van der Waals surface area (Å²) in [6.45, 7) is 0. The van der Waals surface area contributed by atoms with Crippen molar-refractivity contribution in [3.63, 3.8) is 0 Å². The van der Waals surface area contributed by atoms with Crippen LogP contribution >= 0.6 is 11.6 Å². The molecule has 0 aliphatic carbocycles. The van der Waals surface area contributed by atoms with E-state index in [1.807, 2.05) is 0 Å². The molecule has 0 atom stereocenters. The second kappa shape index (κ2) is 3.49. The maximum Gasteiger partial charge on any atom is 0.138 e. The van der Waals surface area contributed by atoms with Crippen LogP contribution in [0, 0.1) is 6.07 Å². The molecule has 59 valence electrons. The highest BCUT2D eigenvalue weighted by molar-refractivity contribution is 6.32. The van der Waals surface area contributed by atoms with E-state index in [0.29, 0.717) is 16.5 Å². The summed E-state index contributed by atoms with van der Waals surface area (Å²) in [7, 11) is 3.12. The molecule has 0 aliphatic heterocycles. The van der Waals surface area contributed by atoms with Gasteiger partial charge in [-0.2, -0.15) is 0 Å². The molecule has 0 heterocycles. The Hall–Kier alpha value is -0.890. The van der Waals surface area contributed by atoms with E-state index in [1.54, 1.807) is 26.4 Å². The minimum absolute atomic E-state index is 0.531. The number of methoxy groups -OCH3 is 2. The second-order valence-electron chi connectivity index (χ2n) is 1.92. The number of rotatable bonds is 2. The first-order valence-corrected chi connectivity index (χ1v) is 3.45. The van der Waals surface area contributed by atoms with Crippen LogP contribution in [0.3, 0.4) is 0 Å². The van der Waals surface area contributed by atoms with Gasteiger partial charge in [0.1, 0.15) is 11.5 Å². The predicted molar refractivity (Wildman–Crippen MR) is 43.4 cm³/mol. The fraction of sp³-hybridized carbons (Fsp3) is 0.250. The quantitative estimate of drug-likeness (QED) is 0.679. The van der Waals surface area contributed by atoms with Crippen molar-refractivity contribution in [1.82, 2.24) is 0 Å². The number of hydrogen-bond acceptors (Lipinski definition) is 2. The topological polar surface area (TPSA) is 18.5 Å². The standard InChI is InChI=1S/C8H8ClO2/c1-10-6-3-4-8(11-2)7(9)5-6/h4-5H,1-2H3. The highest BCUT2D eigenvalue weighted by Gasteiger charge is 2.00. The number of hydrogen-bond donors (Lipinski definition) is 0. The van der Waals surface area contributed by atoms with E-state index >= 15 is 0 Å². The van der Waals surface area contributed by atoms with Crippen LogP contribution < -0.4 is 9.47 Å². The molecule has 0 unspecified atom stereocenters. The van der Waals surface area contributed by atoms with Crippen molar-refractivity contribution >= 4 is 11.6 Å². The van der Waals surface area contributed by atoms with Crippen LogP contribution in [-0.4, -0.2) is 14.2 Å². The van der Waals surface area contributed by atoms with E-state index in [1.165, 1.54) is 0 Å². The predicted octanol–water partition coefficient (Wildman–Crippen LogP) is 2.16. The normalized spacial score (nSPS) is 9.36. The zero-order chi connectivity index (χ0) is 8.27. The van der Waals surface area contributed by atoms with Gasteiger partial charge in [-0.05, 0) is 6.07 Å². The molecule has 0 spiro atoms. The van der Waals surface area contributed by atoms with E-state index in [-0.39, 0.29) is 0 Å². The van der Waals surface area contributed by atoms with Gasteiger partial charge in [-0.1, -0.05) is 11.6 Å². The summed E-state index contributed by atoms with van der Waals surface area (Å²) in [5, 5.41) is 0.531. The Bertz CT molecular complexity index is 248. The summed E-state index contributed by atoms with van der Waals surface area (Å²) in [5.74, 6) is 1.21. The fourth-order valence-electron chi connectivity index (χ4n) is 0.708. The molecule has 1 rings (SSSR count). The molecule has 0 amide bonds. The van der Waals surface area contributed by atoms with Gasteiger partial charge in [0, 0.05) is 12.1 Å². The lowest BCUT2D eigenvalue weighted by atomic mass is 10.3. The van der Waals surface area contributed by atoms with E-state index in [0.717, 1.165) is 0 Å². The summed E-state index contributed by atoms with van der Waals surface area (Å²) in [6, 6.07) is 6.14. The molecule has 0 saturated heterocycles. The van der Waals surface area contributed by atoms with Gasteiger partial charge in [0.25, 0.3) is 0 Å². The summed E-state index contributed by atoms with van der Waals surface area (Å²) in [6.07, 6.45) is 0. The summed E-state index contributed by atoms with van der Waals surface area (Å²) >= 11 is 5.78. The molecule has 1 radical (unpaired) electrons. The van der Waals surface area contributed by atoms with Crippen LogP contribution in [0.5, 0.6) is 11.5 Å². The first-order chi connectivity index (χ1) is 5.27. The zero-order valence-corrected chi connectivity index (χ0v) is 7.11. The smallest absolute Gasteiger partial charge is 0.138 e. The first-order valence-electron chi connectivity index (χ1n) is 3.07. The minimum Gasteiger partial charge on any atom is -0.496 e. The van der Waals surface area contributed by atoms with Gasteiger partial charge in [-0.25, -0.2) is 0 Å². The van der Waals surface area contributed by atoms with Gasteiger partial charge in [0.05, 0.1) is 19.2 Å². The summed E-state index contributed by atoms with van der Waals surface area (Å²) < 4.78 is 9.82. The molecular formula is C8H8ClO2. The van der Waals surface area contributed by atoms with Crippen molar-refractivity contribution in [3.05, 3.63) is 23.2 Å². The van der Waals surface area contributed by atoms with Crippen LogP contribution in [0.4, 0.5) is 0 Å². The third-order valence-corrected chi connectivity index (χ3v) is 1.57. The number of ether oxygens (including phenoxy) is 2. The largest absolute Gasteiger partial charge is 0.496 e. The Morgan fingerprint density at radius 1 is 1.36 bits per heavy atom. The second-order valence-corrected chi connectivity index (χ2v) is 2.32. The van der Waals surface area contributed by atoms with E-state index < -0.39 is 0 Å². The van der Waals surface area contributed by atoms with Gasteiger partial charge >= 0.3 is 0 Å². The molecule has 1 aromatic carbocycles. The summed E-state index contributed by atoms with van der Waals surface area (Å²) in [5.41, 5.74) is 0. The van der Waals surface area contributed by atoms with Gasteiger partial charge in [0.2, 0.25) is 0 Å². The maximum absolute atomic E-state index is 5.78. The third-order valence-electron chi connectivity index (χ3n) is 1.28. The lowest BCUT2D eigenvalue weighted by Gasteiger charge is -2.03. The van der Waals surface area contributed by atoms with Crippen molar-refractivity contribution in [2.24, 2.45) is 0 Å². The molecule has 11 heavy (non-hydrogen) atoms. The SMILES string of the molecule is COc1[c]cc(OC)c(Cl)c1. The zero-order valence-electron chi connectivity index (χ0n) is 6.35. The Kier molecular flexibility index (Phi) is 2.60. The van der Waals surface area contributed by atoms with Crippen molar-refractivity contribution in [1.29, 1.82) is 0 Å². The van der Waals surface area contributed by atoms with Gasteiger partial charge < -0.3 is 9.47 Å². The first kappa shape index (κ1) is 8.21. The van der Waals surface area contributed by atoms with Crippen LogP contribution in [0.1, 0.15) is 0 Å². The Morgan fingerprint density at radius 3 is 2.55 bits per heavy atom. The Labute approximate surface area is 70.7 Å². The molecule has 0 aromatic heterocycles. The molecule has 0 N–H and O–H groups in total. The lowest BCUT2D eigenvalue weighted by Crippen LogP contribution is -1.86. The average molecular weight is 172 g/mol. The van der Waals surface area contributed by atoms with Crippen molar-refractivity contribution in [2.75, 3.05) is 14.2 Å². The van der Waals surface area contributed by atoms with Gasteiger partial charge in [0.15, 0.2) is 0 Å². The van der Waals surface area contributed by atoms with Crippen LogP contribution in [-0.2, 0) is 0 Å². The fourth-order valence-corrected chi connectivity index (χ4v) is 0.939. The average Bonchev–Trinajstić information content (AvgIpc) is 2.04. The highest BCUT2D eigenvalue weighted by Crippen LogP contribution is 2.27. The molecule has 2 nitrogen and oxygen atoms in total. The molecule has 0 saturated carbocycles. The molecule has 3 heteroatoms. The number of benzene rings is 1. The Balaban J connectivity index is 2.99. The molecule has 0 bridgehead atoms. The van der Waals surface area contributed by atoms with E-state index in [4.69, 9.17) is 21.1 Å². The van der Waals surface area contributed by atoms with Crippen molar-refractivity contribution in [3.8, 4) is 11.5 Å². The molecular weight excluding hydrogens is 164 g/mol. The third kappa shape index (κ3) is 1.77. The highest BCUT2D eigenvalue weighted by atomic mass is 35.5. The molecule has 0 fully saturated rings. The number of halogens is 1. The molecule has 0 aliphatic rings. The van der Waals surface area contributed by atoms with Crippen LogP contribution in [0.2, 0.25) is 5.02 Å². The van der Waals surface area contributed by atoms with Crippen LogP contribution in [0.25, 0.3) is 0 Å². The molecule has 1 aromatic rings. The monoisotopic (exact) mass is 171 g/mol. The Morgan fingerprint density at radius 2 is 2.09 bits per heavy atom. The lowest BCUT2D eigenvalue weighted by molar-refractivity contribution is 0.402. The van der Waals surface area contributed by atoms with Crippen molar-refractivity contribution in [2.45, 2.75) is 0 Å². The van der Waals surface area contributed by atoms with Crippen molar-refractivity contribution < 1.29 is 9.47 Å². The van der Waals surface area contributed by atoms with Gasteiger partial charge in [-0.15, -0.1) is 0 Å². The summed E-state index contributed by atoms with van der Waals surface area (Å²) in [4.78, 5) is 0. The maximum atomic E-state index is 5.78. The van der Waals surface area contributed by atoms with Crippen LogP contribution in [0.15, 0.2) is 12.1 Å². The minimum atomic E-state index is 0.531.